The van der Waals surface area contributed by atoms with Gasteiger partial charge >= 0.3 is 0 Å². The van der Waals surface area contributed by atoms with Gasteiger partial charge in [-0.1, -0.05) is 56.8 Å². The van der Waals surface area contributed by atoms with Crippen LogP contribution in [0.3, 0.4) is 0 Å². The maximum absolute atomic E-state index is 12.6. The molecule has 0 saturated heterocycles. The fourth-order valence-electron chi connectivity index (χ4n) is 4.30. The Hall–Kier alpha value is -2.23. The highest BCUT2D eigenvalue weighted by atomic mass is 16.3. The van der Waals surface area contributed by atoms with Gasteiger partial charge in [0.15, 0.2) is 17.3 Å². The Morgan fingerprint density at radius 1 is 0.724 bits per heavy atom. The molecule has 2 rings (SSSR count). The summed E-state index contributed by atoms with van der Waals surface area (Å²) in [5.41, 5.74) is 0.588. The minimum atomic E-state index is -0.214. The molecule has 0 radical (unpaired) electrons. The zero-order chi connectivity index (χ0) is 21.2. The predicted molar refractivity (Wildman–Crippen MR) is 116 cm³/mol. The summed E-state index contributed by atoms with van der Waals surface area (Å²) in [6.07, 6.45) is 18.4. The number of ketones is 3. The molecule has 0 aromatic carbocycles. The maximum atomic E-state index is 12.6. The van der Waals surface area contributed by atoms with E-state index in [9.17, 15) is 19.5 Å². The highest BCUT2D eigenvalue weighted by Gasteiger charge is 2.25. The van der Waals surface area contributed by atoms with Gasteiger partial charge in [-0.05, 0) is 51.7 Å². The molecule has 0 unspecified atom stereocenters. The van der Waals surface area contributed by atoms with Crippen molar-refractivity contribution in [2.45, 2.75) is 78.1 Å². The van der Waals surface area contributed by atoms with E-state index in [1.54, 1.807) is 30.4 Å². The van der Waals surface area contributed by atoms with Crippen LogP contribution in [0.25, 0.3) is 0 Å². The first-order valence-corrected chi connectivity index (χ1v) is 11.0. The number of hydrogen-bond donors (Lipinski definition) is 1. The van der Waals surface area contributed by atoms with Crippen molar-refractivity contribution in [3.05, 3.63) is 47.3 Å². The first-order valence-electron chi connectivity index (χ1n) is 11.0. The topological polar surface area (TPSA) is 71.4 Å². The second-order valence-electron chi connectivity index (χ2n) is 8.27. The minimum Gasteiger partial charge on any atom is -0.511 e. The van der Waals surface area contributed by atoms with E-state index in [4.69, 9.17) is 0 Å². The molecule has 158 valence electrons. The van der Waals surface area contributed by atoms with Crippen LogP contribution in [0, 0.1) is 11.8 Å². The lowest BCUT2D eigenvalue weighted by molar-refractivity contribution is -0.123. The quantitative estimate of drug-likeness (QED) is 0.186. The zero-order valence-electron chi connectivity index (χ0n) is 17.8. The van der Waals surface area contributed by atoms with Gasteiger partial charge in [0.2, 0.25) is 0 Å². The van der Waals surface area contributed by atoms with Crippen LogP contribution in [-0.2, 0) is 14.4 Å². The van der Waals surface area contributed by atoms with Crippen molar-refractivity contribution in [3.63, 3.8) is 0 Å². The molecule has 2 aliphatic rings. The Balaban J connectivity index is 2.09. The molecule has 0 aromatic heterocycles. The van der Waals surface area contributed by atoms with Crippen molar-refractivity contribution in [1.29, 1.82) is 0 Å². The fourth-order valence-corrected chi connectivity index (χ4v) is 4.30. The van der Waals surface area contributed by atoms with Crippen molar-refractivity contribution < 1.29 is 19.5 Å². The molecule has 2 saturated carbocycles. The summed E-state index contributed by atoms with van der Waals surface area (Å²) in [6, 6.07) is 0. The molecule has 0 heterocycles. The number of rotatable bonds is 8. The van der Waals surface area contributed by atoms with Crippen molar-refractivity contribution in [3.8, 4) is 0 Å². The third-order valence-electron chi connectivity index (χ3n) is 6.02. The molecule has 2 fully saturated rings. The Kier molecular flexibility index (Phi) is 9.30. The number of carbonyl (C=O) groups is 3. The van der Waals surface area contributed by atoms with Gasteiger partial charge in [-0.25, -0.2) is 0 Å². The predicted octanol–water partition coefficient (Wildman–Crippen LogP) is 5.75. The van der Waals surface area contributed by atoms with Crippen LogP contribution in [0.2, 0.25) is 0 Å². The summed E-state index contributed by atoms with van der Waals surface area (Å²) in [7, 11) is 0. The average Bonchev–Trinajstić information content (AvgIpc) is 2.73. The van der Waals surface area contributed by atoms with Gasteiger partial charge in [0.05, 0.1) is 11.1 Å². The van der Waals surface area contributed by atoms with E-state index in [-0.39, 0.29) is 40.5 Å². The second kappa shape index (κ2) is 11.7. The molecule has 4 nitrogen and oxygen atoms in total. The monoisotopic (exact) mass is 398 g/mol. The first kappa shape index (κ1) is 23.1. The van der Waals surface area contributed by atoms with Crippen molar-refractivity contribution in [2.75, 3.05) is 0 Å². The zero-order valence-corrected chi connectivity index (χ0v) is 17.8. The first-order chi connectivity index (χ1) is 13.9. The van der Waals surface area contributed by atoms with Crippen molar-refractivity contribution in [2.24, 2.45) is 11.8 Å². The van der Waals surface area contributed by atoms with Gasteiger partial charge in [0, 0.05) is 11.8 Å². The largest absolute Gasteiger partial charge is 0.511 e. The summed E-state index contributed by atoms with van der Waals surface area (Å²) in [4.78, 5) is 36.5. The van der Waals surface area contributed by atoms with Crippen molar-refractivity contribution in [1.82, 2.24) is 0 Å². The SMILES string of the molecule is CC(=O)C(=CC=CC=C/C(C(C)=O)=C(\O)C1CCCCC1)C(=O)C1CCCCC1. The lowest BCUT2D eigenvalue weighted by Crippen LogP contribution is -2.22. The summed E-state index contributed by atoms with van der Waals surface area (Å²) < 4.78 is 0. The molecule has 0 atom stereocenters. The Bertz CT molecular complexity index is 724. The van der Waals surface area contributed by atoms with Crippen LogP contribution < -0.4 is 0 Å². The lowest BCUT2D eigenvalue weighted by atomic mass is 9.83. The molecule has 0 aromatic rings. The molecular weight excluding hydrogens is 364 g/mol. The maximum Gasteiger partial charge on any atom is 0.169 e. The van der Waals surface area contributed by atoms with Gasteiger partial charge in [-0.2, -0.15) is 0 Å². The van der Waals surface area contributed by atoms with Gasteiger partial charge in [-0.15, -0.1) is 0 Å². The van der Waals surface area contributed by atoms with E-state index in [1.165, 1.54) is 20.3 Å². The number of Topliss-reactive ketones (excluding diaryl/α,β-unsaturated/α-hetero) is 3. The van der Waals surface area contributed by atoms with Crippen LogP contribution in [0.4, 0.5) is 0 Å². The summed E-state index contributed by atoms with van der Waals surface area (Å²) in [5, 5.41) is 10.5. The number of aliphatic hydroxyl groups is 1. The van der Waals surface area contributed by atoms with Gasteiger partial charge < -0.3 is 5.11 Å². The van der Waals surface area contributed by atoms with Crippen LogP contribution in [0.5, 0.6) is 0 Å². The molecule has 2 aliphatic carbocycles. The van der Waals surface area contributed by atoms with Gasteiger partial charge in [0.1, 0.15) is 5.76 Å². The van der Waals surface area contributed by atoms with Crippen LogP contribution in [-0.4, -0.2) is 22.5 Å². The number of allylic oxidation sites excluding steroid dienone is 8. The molecule has 0 bridgehead atoms. The van der Waals surface area contributed by atoms with Gasteiger partial charge in [-0.3, -0.25) is 14.4 Å². The molecule has 0 spiro atoms. The molecular formula is C25H34O4. The van der Waals surface area contributed by atoms with Crippen molar-refractivity contribution >= 4 is 17.3 Å². The highest BCUT2D eigenvalue weighted by molar-refractivity contribution is 6.20. The van der Waals surface area contributed by atoms with Crippen LogP contribution in [0.1, 0.15) is 78.1 Å². The third kappa shape index (κ3) is 6.95. The Labute approximate surface area is 174 Å². The molecule has 4 heteroatoms. The smallest absolute Gasteiger partial charge is 0.169 e. The number of aliphatic hydroxyl groups excluding tert-OH is 1. The molecule has 29 heavy (non-hydrogen) atoms. The average molecular weight is 399 g/mol. The van der Waals surface area contributed by atoms with E-state index in [0.717, 1.165) is 57.8 Å². The van der Waals surface area contributed by atoms with Gasteiger partial charge in [0.25, 0.3) is 0 Å². The molecule has 1 N–H and O–H groups in total. The van der Waals surface area contributed by atoms with E-state index in [2.05, 4.69) is 0 Å². The Morgan fingerprint density at radius 3 is 1.79 bits per heavy atom. The summed E-state index contributed by atoms with van der Waals surface area (Å²) in [6.45, 7) is 2.88. The molecule has 0 aliphatic heterocycles. The Morgan fingerprint density at radius 2 is 1.28 bits per heavy atom. The summed E-state index contributed by atoms with van der Waals surface area (Å²) >= 11 is 0. The van der Waals surface area contributed by atoms with E-state index in [1.807, 2.05) is 0 Å². The second-order valence-corrected chi connectivity index (χ2v) is 8.27. The van der Waals surface area contributed by atoms with E-state index < -0.39 is 0 Å². The number of carbonyl (C=O) groups excluding carboxylic acids is 3. The highest BCUT2D eigenvalue weighted by Crippen LogP contribution is 2.30. The fraction of sp³-hybridized carbons (Fsp3) is 0.560. The molecule has 0 amide bonds. The number of hydrogen-bond acceptors (Lipinski definition) is 4. The van der Waals surface area contributed by atoms with Crippen LogP contribution in [0.15, 0.2) is 47.3 Å². The minimum absolute atomic E-state index is 0.0393. The van der Waals surface area contributed by atoms with Crippen LogP contribution >= 0.6 is 0 Å². The van der Waals surface area contributed by atoms with E-state index in [0.29, 0.717) is 5.57 Å². The van der Waals surface area contributed by atoms with E-state index >= 15 is 0 Å². The lowest BCUT2D eigenvalue weighted by Gasteiger charge is -2.22. The normalized spacial score (nSPS) is 20.8. The third-order valence-corrected chi connectivity index (χ3v) is 6.02. The summed E-state index contributed by atoms with van der Waals surface area (Å²) in [5.74, 6) is -0.214. The standard InChI is InChI=1S/C25H34O4/c1-18(26)22(24(28)20-12-6-3-7-13-20)16-10-5-11-17-23(19(2)27)25(29)21-14-8-4-9-15-21/h5,10-11,16-17,20-21,28H,3-4,6-9,12-15H2,1-2H3/b11-5?,16-10?,23-17?,24-22+.